The number of likely N-dealkylation sites (tertiary alicyclic amines) is 1. The Morgan fingerprint density at radius 3 is 2.48 bits per heavy atom. The second-order valence-electron chi connectivity index (χ2n) is 8.07. The van der Waals surface area contributed by atoms with Crippen LogP contribution in [0.4, 0.5) is 0 Å². The first-order valence-corrected chi connectivity index (χ1v) is 11.2. The SMILES string of the molecule is CCCCN1C(=O)C(=O)/C(=C(/O)c2ccc3ccccc3c2)C1c1ccc(O)c(OCC)c1. The molecule has 1 saturated heterocycles. The van der Waals surface area contributed by atoms with Gasteiger partial charge in [0.1, 0.15) is 5.76 Å². The molecule has 170 valence electrons. The molecule has 4 rings (SSSR count). The van der Waals surface area contributed by atoms with Gasteiger partial charge in [-0.1, -0.05) is 55.8 Å². The van der Waals surface area contributed by atoms with E-state index in [4.69, 9.17) is 4.74 Å². The number of phenols is 1. The number of amides is 1. The Morgan fingerprint density at radius 2 is 1.76 bits per heavy atom. The summed E-state index contributed by atoms with van der Waals surface area (Å²) in [6.07, 6.45) is 1.57. The maximum atomic E-state index is 13.1. The zero-order valence-corrected chi connectivity index (χ0v) is 18.7. The molecule has 1 unspecified atom stereocenters. The summed E-state index contributed by atoms with van der Waals surface area (Å²) >= 11 is 0. The smallest absolute Gasteiger partial charge is 0.295 e. The van der Waals surface area contributed by atoms with Crippen LogP contribution >= 0.6 is 0 Å². The van der Waals surface area contributed by atoms with Crippen LogP contribution in [0, 0.1) is 0 Å². The summed E-state index contributed by atoms with van der Waals surface area (Å²) in [7, 11) is 0. The van der Waals surface area contributed by atoms with Gasteiger partial charge < -0.3 is 19.8 Å². The van der Waals surface area contributed by atoms with E-state index >= 15 is 0 Å². The topological polar surface area (TPSA) is 87.1 Å². The van der Waals surface area contributed by atoms with Gasteiger partial charge in [0.05, 0.1) is 18.2 Å². The molecule has 1 amide bonds. The van der Waals surface area contributed by atoms with E-state index in [1.54, 1.807) is 25.1 Å². The van der Waals surface area contributed by atoms with Crippen LogP contribution < -0.4 is 4.74 Å². The largest absolute Gasteiger partial charge is 0.507 e. The highest BCUT2D eigenvalue weighted by Gasteiger charge is 2.46. The zero-order valence-electron chi connectivity index (χ0n) is 18.7. The van der Waals surface area contributed by atoms with Crippen LogP contribution in [0.3, 0.4) is 0 Å². The van der Waals surface area contributed by atoms with E-state index in [0.29, 0.717) is 24.3 Å². The number of ketones is 1. The number of carbonyl (C=O) groups is 2. The second kappa shape index (κ2) is 9.36. The summed E-state index contributed by atoms with van der Waals surface area (Å²) < 4.78 is 5.52. The molecule has 6 heteroatoms. The fourth-order valence-corrected chi connectivity index (χ4v) is 4.25. The molecule has 1 aliphatic heterocycles. The maximum Gasteiger partial charge on any atom is 0.295 e. The van der Waals surface area contributed by atoms with E-state index in [0.717, 1.165) is 23.6 Å². The number of hydrogen-bond donors (Lipinski definition) is 2. The van der Waals surface area contributed by atoms with Crippen LogP contribution in [0.15, 0.2) is 66.2 Å². The molecule has 6 nitrogen and oxygen atoms in total. The molecule has 0 bridgehead atoms. The number of phenolic OH excluding ortho intramolecular Hbond substituents is 1. The second-order valence-corrected chi connectivity index (χ2v) is 8.07. The molecule has 0 saturated carbocycles. The number of aromatic hydroxyl groups is 1. The van der Waals surface area contributed by atoms with Gasteiger partial charge in [0.2, 0.25) is 0 Å². The minimum Gasteiger partial charge on any atom is -0.507 e. The van der Waals surface area contributed by atoms with Crippen molar-refractivity contribution in [2.45, 2.75) is 32.7 Å². The van der Waals surface area contributed by atoms with Crippen LogP contribution in [-0.2, 0) is 9.59 Å². The quantitative estimate of drug-likeness (QED) is 0.298. The third-order valence-electron chi connectivity index (χ3n) is 5.91. The first-order valence-electron chi connectivity index (χ1n) is 11.2. The molecule has 2 N–H and O–H groups in total. The first kappa shape index (κ1) is 22.4. The van der Waals surface area contributed by atoms with Crippen molar-refractivity contribution in [3.8, 4) is 11.5 Å². The third-order valence-corrected chi connectivity index (χ3v) is 5.91. The van der Waals surface area contributed by atoms with Crippen LogP contribution in [0.2, 0.25) is 0 Å². The molecule has 1 aliphatic rings. The number of rotatable bonds is 7. The van der Waals surface area contributed by atoms with Crippen LogP contribution in [0.25, 0.3) is 16.5 Å². The summed E-state index contributed by atoms with van der Waals surface area (Å²) in [5, 5.41) is 23.3. The van der Waals surface area contributed by atoms with Crippen molar-refractivity contribution in [1.82, 2.24) is 4.90 Å². The molecule has 0 radical (unpaired) electrons. The number of ether oxygens (including phenoxy) is 1. The average molecular weight is 446 g/mol. The van der Waals surface area contributed by atoms with Crippen molar-refractivity contribution in [3.63, 3.8) is 0 Å². The van der Waals surface area contributed by atoms with Gasteiger partial charge in [-0.05, 0) is 47.9 Å². The summed E-state index contributed by atoms with van der Waals surface area (Å²) in [6.45, 7) is 4.54. The fourth-order valence-electron chi connectivity index (χ4n) is 4.25. The fraction of sp³-hybridized carbons (Fsp3) is 0.259. The Bertz CT molecular complexity index is 1250. The van der Waals surface area contributed by atoms with Crippen molar-refractivity contribution in [2.24, 2.45) is 0 Å². The van der Waals surface area contributed by atoms with Crippen LogP contribution in [0.5, 0.6) is 11.5 Å². The lowest BCUT2D eigenvalue weighted by Crippen LogP contribution is -2.30. The van der Waals surface area contributed by atoms with E-state index in [1.807, 2.05) is 43.3 Å². The Morgan fingerprint density at radius 1 is 1.00 bits per heavy atom. The van der Waals surface area contributed by atoms with E-state index in [9.17, 15) is 19.8 Å². The first-order chi connectivity index (χ1) is 16.0. The molecule has 1 heterocycles. The molecule has 1 atom stereocenters. The van der Waals surface area contributed by atoms with Gasteiger partial charge in [0.25, 0.3) is 11.7 Å². The molecular weight excluding hydrogens is 418 g/mol. The normalized spacial score (nSPS) is 17.6. The molecule has 1 fully saturated rings. The lowest BCUT2D eigenvalue weighted by atomic mass is 9.94. The van der Waals surface area contributed by atoms with Crippen molar-refractivity contribution < 1.29 is 24.5 Å². The van der Waals surface area contributed by atoms with E-state index < -0.39 is 17.7 Å². The lowest BCUT2D eigenvalue weighted by molar-refractivity contribution is -0.139. The number of hydrogen-bond acceptors (Lipinski definition) is 5. The standard InChI is InChI=1S/C27H27NO5/c1-3-5-14-28-24(19-12-13-21(29)22(16-19)33-4-2)23(26(31)27(28)32)25(30)20-11-10-17-8-6-7-9-18(17)15-20/h6-13,15-16,24,29-30H,3-5,14H2,1-2H3/b25-23+. The van der Waals surface area contributed by atoms with E-state index in [2.05, 4.69) is 0 Å². The number of unbranched alkanes of at least 4 members (excludes halogenated alkanes) is 1. The van der Waals surface area contributed by atoms with Gasteiger partial charge in [-0.15, -0.1) is 0 Å². The zero-order chi connectivity index (χ0) is 23.5. The number of carbonyl (C=O) groups excluding carboxylic acids is 2. The predicted octanol–water partition coefficient (Wildman–Crippen LogP) is 5.17. The van der Waals surface area contributed by atoms with Gasteiger partial charge in [0.15, 0.2) is 11.5 Å². The van der Waals surface area contributed by atoms with Gasteiger partial charge in [-0.2, -0.15) is 0 Å². The monoisotopic (exact) mass is 445 g/mol. The van der Waals surface area contributed by atoms with Crippen LogP contribution in [0.1, 0.15) is 43.9 Å². The number of benzene rings is 3. The van der Waals surface area contributed by atoms with E-state index in [1.165, 1.54) is 11.0 Å². The van der Waals surface area contributed by atoms with Crippen molar-refractivity contribution in [3.05, 3.63) is 77.4 Å². The maximum absolute atomic E-state index is 13.1. The van der Waals surface area contributed by atoms with Crippen molar-refractivity contribution in [2.75, 3.05) is 13.2 Å². The Balaban J connectivity index is 1.88. The summed E-state index contributed by atoms with van der Waals surface area (Å²) in [5.74, 6) is -1.33. The minimum atomic E-state index is -0.775. The van der Waals surface area contributed by atoms with Gasteiger partial charge in [-0.3, -0.25) is 9.59 Å². The molecule has 0 aromatic heterocycles. The Labute approximate surface area is 192 Å². The third kappa shape index (κ3) is 4.16. The lowest BCUT2D eigenvalue weighted by Gasteiger charge is -2.25. The molecule has 0 aliphatic carbocycles. The minimum absolute atomic E-state index is 0.0272. The average Bonchev–Trinajstić information content (AvgIpc) is 3.08. The number of aliphatic hydroxyl groups excluding tert-OH is 1. The number of nitrogens with zero attached hydrogens (tertiary/aromatic N) is 1. The molecule has 33 heavy (non-hydrogen) atoms. The predicted molar refractivity (Wildman–Crippen MR) is 127 cm³/mol. The molecule has 3 aromatic carbocycles. The van der Waals surface area contributed by atoms with Gasteiger partial charge in [0, 0.05) is 12.1 Å². The molecule has 3 aromatic rings. The summed E-state index contributed by atoms with van der Waals surface area (Å²) in [5.41, 5.74) is 1.10. The number of Topliss-reactive ketones (excluding diaryl/α,β-unsaturated/α-hetero) is 1. The highest BCUT2D eigenvalue weighted by atomic mass is 16.5. The van der Waals surface area contributed by atoms with E-state index in [-0.39, 0.29) is 22.8 Å². The summed E-state index contributed by atoms with van der Waals surface area (Å²) in [4.78, 5) is 27.6. The molecular formula is C27H27NO5. The van der Waals surface area contributed by atoms with Gasteiger partial charge >= 0.3 is 0 Å². The van der Waals surface area contributed by atoms with Gasteiger partial charge in [-0.25, -0.2) is 0 Å². The Kier molecular flexibility index (Phi) is 6.36. The van der Waals surface area contributed by atoms with Crippen molar-refractivity contribution in [1.29, 1.82) is 0 Å². The van der Waals surface area contributed by atoms with Crippen molar-refractivity contribution >= 4 is 28.2 Å². The highest BCUT2D eigenvalue weighted by Crippen LogP contribution is 2.42. The highest BCUT2D eigenvalue weighted by molar-refractivity contribution is 6.46. The summed E-state index contributed by atoms with van der Waals surface area (Å²) in [6, 6.07) is 17.2. The number of fused-ring (bicyclic) bond motifs is 1. The Hall–Kier alpha value is -3.80. The number of aliphatic hydroxyl groups is 1. The van der Waals surface area contributed by atoms with Crippen LogP contribution in [-0.4, -0.2) is 40.0 Å². The molecule has 0 spiro atoms.